The molecule has 1 N–H and O–H groups in total. The summed E-state index contributed by atoms with van der Waals surface area (Å²) in [5.74, 6) is -1.78. The van der Waals surface area contributed by atoms with Crippen molar-refractivity contribution < 1.29 is 14.7 Å². The van der Waals surface area contributed by atoms with Crippen LogP contribution in [0.3, 0.4) is 0 Å². The predicted octanol–water partition coefficient (Wildman–Crippen LogP) is 3.76. The van der Waals surface area contributed by atoms with E-state index in [0.717, 1.165) is 0 Å². The van der Waals surface area contributed by atoms with Crippen LogP contribution in [-0.4, -0.2) is 26.8 Å². The molecule has 138 valence electrons. The Morgan fingerprint density at radius 3 is 2.21 bits per heavy atom. The van der Waals surface area contributed by atoms with Gasteiger partial charge in [-0.3, -0.25) is 14.5 Å². The van der Waals surface area contributed by atoms with E-state index in [1.807, 2.05) is 6.07 Å². The molecule has 1 aliphatic heterocycles. The largest absolute Gasteiger partial charge is 0.507 e. The third-order valence-corrected chi connectivity index (χ3v) is 4.70. The molecule has 0 radical (unpaired) electrons. The lowest BCUT2D eigenvalue weighted by molar-refractivity contribution is -0.132. The summed E-state index contributed by atoms with van der Waals surface area (Å²) in [6.45, 7) is 0. The zero-order valence-corrected chi connectivity index (χ0v) is 15.2. The van der Waals surface area contributed by atoms with Crippen molar-refractivity contribution in [2.75, 3.05) is 4.90 Å². The van der Waals surface area contributed by atoms with Gasteiger partial charge in [0.15, 0.2) is 0 Å². The van der Waals surface area contributed by atoms with Gasteiger partial charge in [0.05, 0.1) is 11.6 Å². The number of carbonyl (C=O) groups excluding carboxylic acids is 2. The molecule has 3 aromatic rings. The predicted molar refractivity (Wildman–Crippen MR) is 105 cm³/mol. The Kier molecular flexibility index (Phi) is 4.63. The number of halogens is 1. The highest BCUT2D eigenvalue weighted by Crippen LogP contribution is 2.40. The molecule has 7 heteroatoms. The van der Waals surface area contributed by atoms with Crippen molar-refractivity contribution in [2.45, 2.75) is 6.04 Å². The molecule has 1 unspecified atom stereocenters. The first-order valence-electron chi connectivity index (χ1n) is 8.47. The summed E-state index contributed by atoms with van der Waals surface area (Å²) in [7, 11) is 0. The molecule has 1 atom stereocenters. The monoisotopic (exact) mass is 391 g/mol. The highest BCUT2D eigenvalue weighted by atomic mass is 35.5. The van der Waals surface area contributed by atoms with E-state index in [2.05, 4.69) is 9.97 Å². The fourth-order valence-corrected chi connectivity index (χ4v) is 3.29. The molecule has 28 heavy (non-hydrogen) atoms. The normalized spacial score (nSPS) is 18.5. The minimum absolute atomic E-state index is 0.0222. The summed E-state index contributed by atoms with van der Waals surface area (Å²) >= 11 is 5.91. The number of aliphatic hydroxyl groups is 1. The van der Waals surface area contributed by atoms with Gasteiger partial charge in [-0.05, 0) is 35.9 Å². The Labute approximate surface area is 165 Å². The van der Waals surface area contributed by atoms with Crippen LogP contribution in [0.25, 0.3) is 5.76 Å². The van der Waals surface area contributed by atoms with E-state index in [1.54, 1.807) is 54.6 Å². The molecule has 1 amide bonds. The Hall–Kier alpha value is -3.51. The fourth-order valence-electron chi connectivity index (χ4n) is 3.17. The number of nitrogens with zero attached hydrogens (tertiary/aromatic N) is 3. The van der Waals surface area contributed by atoms with Crippen molar-refractivity contribution in [3.63, 3.8) is 0 Å². The first-order valence-corrected chi connectivity index (χ1v) is 8.84. The molecule has 0 saturated carbocycles. The van der Waals surface area contributed by atoms with E-state index >= 15 is 0 Å². The zero-order valence-electron chi connectivity index (χ0n) is 14.5. The van der Waals surface area contributed by atoms with E-state index in [9.17, 15) is 14.7 Å². The summed E-state index contributed by atoms with van der Waals surface area (Å²) < 4.78 is 0. The van der Waals surface area contributed by atoms with Crippen LogP contribution in [0, 0.1) is 0 Å². The standard InChI is InChI=1S/C21H14ClN3O3/c22-15-9-7-14(8-10-15)18(26)16-17(13-5-2-1-3-6-13)25(20(28)19(16)27)21-23-11-4-12-24-21/h1-12,17,26H. The maximum atomic E-state index is 12.9. The second-order valence-corrected chi connectivity index (χ2v) is 6.57. The van der Waals surface area contributed by atoms with Crippen molar-refractivity contribution in [1.82, 2.24) is 9.97 Å². The van der Waals surface area contributed by atoms with Gasteiger partial charge in [0.25, 0.3) is 5.78 Å². The van der Waals surface area contributed by atoms with Crippen LogP contribution < -0.4 is 4.90 Å². The number of aromatic nitrogens is 2. The van der Waals surface area contributed by atoms with Gasteiger partial charge in [-0.15, -0.1) is 0 Å². The molecule has 0 aliphatic carbocycles. The van der Waals surface area contributed by atoms with Gasteiger partial charge in [0.2, 0.25) is 5.95 Å². The SMILES string of the molecule is O=C1C(=O)N(c2ncccn2)C(c2ccccc2)C1=C(O)c1ccc(Cl)cc1. The van der Waals surface area contributed by atoms with Crippen LogP contribution in [0.2, 0.25) is 5.02 Å². The number of hydrogen-bond acceptors (Lipinski definition) is 5. The second kappa shape index (κ2) is 7.25. The molecule has 2 heterocycles. The Balaban J connectivity index is 1.94. The molecule has 0 bridgehead atoms. The number of Topliss-reactive ketones (excluding diaryl/α,β-unsaturated/α-hetero) is 1. The quantitative estimate of drug-likeness (QED) is 0.417. The topological polar surface area (TPSA) is 83.4 Å². The Morgan fingerprint density at radius 1 is 0.929 bits per heavy atom. The average molecular weight is 392 g/mol. The van der Waals surface area contributed by atoms with Gasteiger partial charge >= 0.3 is 5.91 Å². The van der Waals surface area contributed by atoms with Crippen LogP contribution in [0.15, 0.2) is 78.6 Å². The number of amides is 1. The second-order valence-electron chi connectivity index (χ2n) is 6.14. The van der Waals surface area contributed by atoms with Gasteiger partial charge in [0, 0.05) is 23.0 Å². The highest BCUT2D eigenvalue weighted by molar-refractivity contribution is 6.51. The maximum absolute atomic E-state index is 12.9. The molecule has 2 aromatic carbocycles. The van der Waals surface area contributed by atoms with Crippen molar-refractivity contribution in [3.05, 3.63) is 94.8 Å². The molecule has 1 aromatic heterocycles. The fraction of sp³-hybridized carbons (Fsp3) is 0.0476. The summed E-state index contributed by atoms with van der Waals surface area (Å²) in [5, 5.41) is 11.4. The van der Waals surface area contributed by atoms with Gasteiger partial charge in [-0.25, -0.2) is 9.97 Å². The number of aliphatic hydroxyl groups excluding tert-OH is 1. The number of hydrogen-bond donors (Lipinski definition) is 1. The minimum Gasteiger partial charge on any atom is -0.507 e. The van der Waals surface area contributed by atoms with Crippen LogP contribution in [0.5, 0.6) is 0 Å². The van der Waals surface area contributed by atoms with Gasteiger partial charge in [-0.1, -0.05) is 41.9 Å². The van der Waals surface area contributed by atoms with Crippen LogP contribution >= 0.6 is 11.6 Å². The van der Waals surface area contributed by atoms with Gasteiger partial charge < -0.3 is 5.11 Å². The van der Waals surface area contributed by atoms with Crippen molar-refractivity contribution in [3.8, 4) is 0 Å². The third kappa shape index (κ3) is 3.04. The lowest BCUT2D eigenvalue weighted by Crippen LogP contribution is -2.31. The Morgan fingerprint density at radius 2 is 1.57 bits per heavy atom. The van der Waals surface area contributed by atoms with Gasteiger partial charge in [-0.2, -0.15) is 0 Å². The van der Waals surface area contributed by atoms with E-state index in [1.165, 1.54) is 17.3 Å². The van der Waals surface area contributed by atoms with Crippen LogP contribution in [0.1, 0.15) is 17.2 Å². The number of anilines is 1. The Bertz CT molecular complexity index is 1070. The number of ketones is 1. The summed E-state index contributed by atoms with van der Waals surface area (Å²) in [4.78, 5) is 35.1. The third-order valence-electron chi connectivity index (χ3n) is 4.45. The molecule has 1 aliphatic rings. The lowest BCUT2D eigenvalue weighted by Gasteiger charge is -2.23. The number of benzene rings is 2. The van der Waals surface area contributed by atoms with Gasteiger partial charge in [0.1, 0.15) is 5.76 Å². The van der Waals surface area contributed by atoms with E-state index in [0.29, 0.717) is 16.1 Å². The van der Waals surface area contributed by atoms with Crippen molar-refractivity contribution in [1.29, 1.82) is 0 Å². The smallest absolute Gasteiger partial charge is 0.302 e. The maximum Gasteiger partial charge on any atom is 0.302 e. The first-order chi connectivity index (χ1) is 13.6. The van der Waals surface area contributed by atoms with Crippen molar-refractivity contribution in [2.24, 2.45) is 0 Å². The van der Waals surface area contributed by atoms with E-state index < -0.39 is 17.7 Å². The molecule has 1 saturated heterocycles. The first kappa shape index (κ1) is 17.9. The van der Waals surface area contributed by atoms with Crippen LogP contribution in [0.4, 0.5) is 5.95 Å². The van der Waals surface area contributed by atoms with Crippen LogP contribution in [-0.2, 0) is 9.59 Å². The number of rotatable bonds is 3. The summed E-state index contributed by atoms with van der Waals surface area (Å²) in [6.07, 6.45) is 2.98. The van der Waals surface area contributed by atoms with E-state index in [4.69, 9.17) is 11.6 Å². The molecular formula is C21H14ClN3O3. The summed E-state index contributed by atoms with van der Waals surface area (Å²) in [6, 6.07) is 16.1. The minimum atomic E-state index is -0.848. The average Bonchev–Trinajstić information content (AvgIpc) is 3.00. The molecule has 0 spiro atoms. The van der Waals surface area contributed by atoms with E-state index in [-0.39, 0.29) is 17.3 Å². The summed E-state index contributed by atoms with van der Waals surface area (Å²) in [5.41, 5.74) is 1.02. The molecular weight excluding hydrogens is 378 g/mol. The van der Waals surface area contributed by atoms with Crippen molar-refractivity contribution >= 4 is 35.0 Å². The molecule has 1 fully saturated rings. The molecule has 6 nitrogen and oxygen atoms in total. The zero-order chi connectivity index (χ0) is 19.7. The molecule has 4 rings (SSSR count). The number of carbonyl (C=O) groups is 2. The highest BCUT2D eigenvalue weighted by Gasteiger charge is 2.48. The lowest BCUT2D eigenvalue weighted by atomic mass is 9.95.